The van der Waals surface area contributed by atoms with Crippen molar-refractivity contribution in [3.63, 3.8) is 0 Å². The summed E-state index contributed by atoms with van der Waals surface area (Å²) in [5.41, 5.74) is 7.13. The molecule has 104 valence electrons. The fourth-order valence-corrected chi connectivity index (χ4v) is 2.00. The predicted molar refractivity (Wildman–Crippen MR) is 74.6 cm³/mol. The molecule has 0 radical (unpaired) electrons. The lowest BCUT2D eigenvalue weighted by atomic mass is 10.1. The highest BCUT2D eigenvalue weighted by Gasteiger charge is 2.13. The van der Waals surface area contributed by atoms with Crippen LogP contribution >= 0.6 is 0 Å². The van der Waals surface area contributed by atoms with Gasteiger partial charge in [0.25, 0.3) is 5.69 Å². The zero-order valence-electron chi connectivity index (χ0n) is 11.2. The molecule has 0 saturated heterocycles. The van der Waals surface area contributed by atoms with Crippen LogP contribution in [-0.2, 0) is 6.54 Å². The van der Waals surface area contributed by atoms with Crippen LogP contribution in [0.2, 0.25) is 0 Å². The van der Waals surface area contributed by atoms with Crippen molar-refractivity contribution in [1.29, 1.82) is 0 Å². The van der Waals surface area contributed by atoms with Crippen molar-refractivity contribution in [3.8, 4) is 0 Å². The van der Waals surface area contributed by atoms with E-state index in [2.05, 4.69) is 4.98 Å². The summed E-state index contributed by atoms with van der Waals surface area (Å²) in [7, 11) is 0. The van der Waals surface area contributed by atoms with Gasteiger partial charge in [0.15, 0.2) is 0 Å². The molecule has 2 rings (SSSR count). The Morgan fingerprint density at radius 3 is 2.65 bits per heavy atom. The molecule has 7 nitrogen and oxygen atoms in total. The fraction of sp³-hybridized carbons (Fsp3) is 0.231. The molecule has 0 aliphatic heterocycles. The number of benzene rings is 1. The Bertz CT molecular complexity index is 737. The second-order valence-electron chi connectivity index (χ2n) is 4.56. The van der Waals surface area contributed by atoms with Crippen LogP contribution in [0.4, 0.5) is 11.4 Å². The minimum atomic E-state index is -0.540. The zero-order chi connectivity index (χ0) is 14.9. The Kier molecular flexibility index (Phi) is 3.51. The van der Waals surface area contributed by atoms with Crippen molar-refractivity contribution >= 4 is 11.4 Å². The maximum Gasteiger partial charge on any atom is 0.348 e. The van der Waals surface area contributed by atoms with Crippen molar-refractivity contribution in [3.05, 3.63) is 61.8 Å². The molecule has 0 saturated carbocycles. The SMILES string of the molecule is Cc1cc(C)n(Cc2ccc(N)c([N+](=O)[O-])c2)c(=O)n1. The van der Waals surface area contributed by atoms with Crippen molar-refractivity contribution in [2.24, 2.45) is 0 Å². The Morgan fingerprint density at radius 1 is 1.35 bits per heavy atom. The molecule has 0 spiro atoms. The van der Waals surface area contributed by atoms with E-state index in [-0.39, 0.29) is 23.6 Å². The van der Waals surface area contributed by atoms with E-state index in [1.54, 1.807) is 26.0 Å². The van der Waals surface area contributed by atoms with Crippen LogP contribution in [0.1, 0.15) is 17.0 Å². The van der Waals surface area contributed by atoms with Gasteiger partial charge in [-0.3, -0.25) is 14.7 Å². The molecule has 0 aliphatic carbocycles. The molecule has 7 heteroatoms. The Labute approximate surface area is 114 Å². The van der Waals surface area contributed by atoms with E-state index in [0.717, 1.165) is 5.69 Å². The van der Waals surface area contributed by atoms with Crippen LogP contribution in [0.3, 0.4) is 0 Å². The van der Waals surface area contributed by atoms with E-state index in [4.69, 9.17) is 5.73 Å². The lowest BCUT2D eigenvalue weighted by Crippen LogP contribution is -2.26. The first-order chi connectivity index (χ1) is 9.38. The van der Waals surface area contributed by atoms with Crippen molar-refractivity contribution < 1.29 is 4.92 Å². The summed E-state index contributed by atoms with van der Waals surface area (Å²) in [6.07, 6.45) is 0. The monoisotopic (exact) mass is 274 g/mol. The molecule has 2 aromatic rings. The van der Waals surface area contributed by atoms with Gasteiger partial charge in [-0.05, 0) is 31.5 Å². The first-order valence-electron chi connectivity index (χ1n) is 5.96. The summed E-state index contributed by atoms with van der Waals surface area (Å²) in [4.78, 5) is 26.0. The quantitative estimate of drug-likeness (QED) is 0.517. The van der Waals surface area contributed by atoms with Gasteiger partial charge in [-0.2, -0.15) is 4.98 Å². The lowest BCUT2D eigenvalue weighted by molar-refractivity contribution is -0.384. The average Bonchev–Trinajstić information content (AvgIpc) is 2.35. The predicted octanol–water partition coefficient (Wildman–Crippen LogP) is 1.40. The number of nitrogen functional groups attached to an aromatic ring is 1. The second-order valence-corrected chi connectivity index (χ2v) is 4.56. The van der Waals surface area contributed by atoms with Gasteiger partial charge in [-0.15, -0.1) is 0 Å². The molecule has 1 heterocycles. The highest BCUT2D eigenvalue weighted by atomic mass is 16.6. The van der Waals surface area contributed by atoms with Crippen LogP contribution in [-0.4, -0.2) is 14.5 Å². The smallest absolute Gasteiger partial charge is 0.348 e. The van der Waals surface area contributed by atoms with Gasteiger partial charge in [0.2, 0.25) is 0 Å². The third-order valence-electron chi connectivity index (χ3n) is 2.98. The standard InChI is InChI=1S/C13H14N4O3/c1-8-5-9(2)16(13(18)15-8)7-10-3-4-11(14)12(6-10)17(19)20/h3-6H,7,14H2,1-2H3. The number of hydrogen-bond donors (Lipinski definition) is 1. The number of aromatic nitrogens is 2. The molecule has 0 aliphatic rings. The minimum Gasteiger partial charge on any atom is -0.393 e. The Hall–Kier alpha value is -2.70. The number of hydrogen-bond acceptors (Lipinski definition) is 5. The maximum atomic E-state index is 11.8. The Morgan fingerprint density at radius 2 is 2.05 bits per heavy atom. The summed E-state index contributed by atoms with van der Waals surface area (Å²) in [6, 6.07) is 6.29. The van der Waals surface area contributed by atoms with Crippen LogP contribution in [0.15, 0.2) is 29.1 Å². The third-order valence-corrected chi connectivity index (χ3v) is 2.98. The molecule has 0 amide bonds. The van der Waals surface area contributed by atoms with Gasteiger partial charge >= 0.3 is 5.69 Å². The number of rotatable bonds is 3. The summed E-state index contributed by atoms with van der Waals surface area (Å²) in [6.45, 7) is 3.76. The van der Waals surface area contributed by atoms with Crippen LogP contribution < -0.4 is 11.4 Å². The largest absolute Gasteiger partial charge is 0.393 e. The number of nitrogens with zero attached hydrogens (tertiary/aromatic N) is 3. The zero-order valence-corrected chi connectivity index (χ0v) is 11.2. The molecular formula is C13H14N4O3. The lowest BCUT2D eigenvalue weighted by Gasteiger charge is -2.10. The fourth-order valence-electron chi connectivity index (χ4n) is 2.00. The van der Waals surface area contributed by atoms with Gasteiger partial charge in [0.05, 0.1) is 11.5 Å². The Balaban J connectivity index is 2.43. The van der Waals surface area contributed by atoms with E-state index in [1.165, 1.54) is 16.7 Å². The van der Waals surface area contributed by atoms with E-state index in [0.29, 0.717) is 11.3 Å². The first kappa shape index (κ1) is 13.7. The number of nitro benzene ring substituents is 1. The van der Waals surface area contributed by atoms with E-state index >= 15 is 0 Å². The molecule has 0 bridgehead atoms. The van der Waals surface area contributed by atoms with Crippen molar-refractivity contribution in [2.45, 2.75) is 20.4 Å². The molecule has 0 fully saturated rings. The first-order valence-corrected chi connectivity index (χ1v) is 5.96. The minimum absolute atomic E-state index is 0.102. The number of nitrogens with two attached hydrogens (primary N) is 1. The highest BCUT2D eigenvalue weighted by Crippen LogP contribution is 2.22. The van der Waals surface area contributed by atoms with Crippen LogP contribution in [0.5, 0.6) is 0 Å². The topological polar surface area (TPSA) is 104 Å². The molecule has 0 atom stereocenters. The number of anilines is 1. The molecular weight excluding hydrogens is 260 g/mol. The summed E-state index contributed by atoms with van der Waals surface area (Å²) >= 11 is 0. The van der Waals surface area contributed by atoms with Gasteiger partial charge in [-0.1, -0.05) is 6.07 Å². The molecule has 20 heavy (non-hydrogen) atoms. The molecule has 1 aromatic heterocycles. The number of aryl methyl sites for hydroxylation is 2. The number of nitro groups is 1. The van der Waals surface area contributed by atoms with Crippen LogP contribution in [0.25, 0.3) is 0 Å². The van der Waals surface area contributed by atoms with Gasteiger partial charge in [0, 0.05) is 17.5 Å². The van der Waals surface area contributed by atoms with Crippen LogP contribution in [0, 0.1) is 24.0 Å². The van der Waals surface area contributed by atoms with Crippen molar-refractivity contribution in [1.82, 2.24) is 9.55 Å². The van der Waals surface area contributed by atoms with Crippen molar-refractivity contribution in [2.75, 3.05) is 5.73 Å². The molecule has 0 unspecified atom stereocenters. The van der Waals surface area contributed by atoms with E-state index in [9.17, 15) is 14.9 Å². The van der Waals surface area contributed by atoms with Gasteiger partial charge < -0.3 is 5.73 Å². The van der Waals surface area contributed by atoms with E-state index < -0.39 is 4.92 Å². The van der Waals surface area contributed by atoms with Gasteiger partial charge in [0.1, 0.15) is 5.69 Å². The highest BCUT2D eigenvalue weighted by molar-refractivity contribution is 5.59. The molecule has 2 N–H and O–H groups in total. The average molecular weight is 274 g/mol. The van der Waals surface area contributed by atoms with Gasteiger partial charge in [-0.25, -0.2) is 4.79 Å². The third kappa shape index (κ3) is 2.66. The maximum absolute atomic E-state index is 11.8. The summed E-state index contributed by atoms with van der Waals surface area (Å²) in [5, 5.41) is 10.8. The molecule has 1 aromatic carbocycles. The normalized spacial score (nSPS) is 10.5. The van der Waals surface area contributed by atoms with E-state index in [1.807, 2.05) is 0 Å². The summed E-state index contributed by atoms with van der Waals surface area (Å²) in [5.74, 6) is 0. The second kappa shape index (κ2) is 5.12. The summed E-state index contributed by atoms with van der Waals surface area (Å²) < 4.78 is 1.46.